The summed E-state index contributed by atoms with van der Waals surface area (Å²) in [5.74, 6) is 0.793. The summed E-state index contributed by atoms with van der Waals surface area (Å²) in [6, 6.07) is 13.5. The van der Waals surface area contributed by atoms with Crippen molar-refractivity contribution < 1.29 is 19.8 Å². The average molecular weight is 439 g/mol. The van der Waals surface area contributed by atoms with Crippen LogP contribution in [0.5, 0.6) is 5.75 Å². The van der Waals surface area contributed by atoms with Crippen LogP contribution in [0.1, 0.15) is 64.0 Å². The van der Waals surface area contributed by atoms with Crippen molar-refractivity contribution in [2.75, 3.05) is 5.75 Å². The van der Waals surface area contributed by atoms with Crippen molar-refractivity contribution in [1.82, 2.24) is 9.97 Å². The van der Waals surface area contributed by atoms with Gasteiger partial charge in [-0.2, -0.15) is 0 Å². The number of hydrogen-bond acceptors (Lipinski definition) is 5. The molecule has 0 radical (unpaired) electrons. The molecule has 2 aromatic carbocycles. The number of aromatic nitrogens is 2. The summed E-state index contributed by atoms with van der Waals surface area (Å²) in [6.07, 6.45) is 3.38. The number of hydrogen-bond donors (Lipinski definition) is 3. The number of aryl methyl sites for hydroxylation is 1. The molecule has 0 fully saturated rings. The molecule has 0 saturated carbocycles. The number of nitrogens with zero attached hydrogens (tertiary/aromatic N) is 1. The third kappa shape index (κ3) is 5.55. The van der Waals surface area contributed by atoms with Crippen molar-refractivity contribution in [2.24, 2.45) is 5.92 Å². The van der Waals surface area contributed by atoms with Gasteiger partial charge >= 0.3 is 5.97 Å². The number of thioether (sulfide) groups is 1. The van der Waals surface area contributed by atoms with Crippen LogP contribution in [0, 0.1) is 5.92 Å². The summed E-state index contributed by atoms with van der Waals surface area (Å²) in [4.78, 5) is 31.4. The molecule has 0 saturated heterocycles. The number of H-pyrrole nitrogens is 1. The maximum atomic E-state index is 12.3. The lowest BCUT2D eigenvalue weighted by Gasteiger charge is -2.21. The zero-order valence-corrected chi connectivity index (χ0v) is 18.4. The minimum atomic E-state index is -0.942. The van der Waals surface area contributed by atoms with E-state index in [1.165, 1.54) is 17.8 Å². The van der Waals surface area contributed by atoms with E-state index >= 15 is 0 Å². The number of aromatic hydroxyl groups is 1. The Kier molecular flexibility index (Phi) is 7.52. The van der Waals surface area contributed by atoms with E-state index in [1.54, 1.807) is 36.5 Å². The highest BCUT2D eigenvalue weighted by Gasteiger charge is 2.23. The fourth-order valence-electron chi connectivity index (χ4n) is 3.46. The maximum absolute atomic E-state index is 12.3. The van der Waals surface area contributed by atoms with Crippen molar-refractivity contribution in [3.05, 3.63) is 82.9 Å². The molecule has 0 spiro atoms. The molecule has 6 nitrogen and oxygen atoms in total. The molecule has 31 heavy (non-hydrogen) atoms. The number of phenolic OH excluding ortho intramolecular Hbond substituents is 1. The van der Waals surface area contributed by atoms with Crippen LogP contribution in [0.25, 0.3) is 0 Å². The van der Waals surface area contributed by atoms with Crippen LogP contribution in [-0.4, -0.2) is 37.0 Å². The van der Waals surface area contributed by atoms with Crippen molar-refractivity contribution in [1.29, 1.82) is 0 Å². The highest BCUT2D eigenvalue weighted by Crippen LogP contribution is 2.32. The lowest BCUT2D eigenvalue weighted by atomic mass is 9.84. The highest BCUT2D eigenvalue weighted by molar-refractivity contribution is 8.14. The minimum absolute atomic E-state index is 0.00543. The van der Waals surface area contributed by atoms with Gasteiger partial charge in [-0.25, -0.2) is 9.78 Å². The van der Waals surface area contributed by atoms with Gasteiger partial charge in [-0.15, -0.1) is 0 Å². The topological polar surface area (TPSA) is 103 Å². The average Bonchev–Trinajstić information content (AvgIpc) is 3.22. The number of para-hydroxylation sites is 1. The van der Waals surface area contributed by atoms with Gasteiger partial charge in [-0.1, -0.05) is 56.3 Å². The molecular formula is C24H26N2O4S. The van der Waals surface area contributed by atoms with Gasteiger partial charge in [0.2, 0.25) is 5.12 Å². The quantitative estimate of drug-likeness (QED) is 0.429. The maximum Gasteiger partial charge on any atom is 0.335 e. The van der Waals surface area contributed by atoms with Gasteiger partial charge in [0.05, 0.1) is 11.1 Å². The van der Waals surface area contributed by atoms with Crippen LogP contribution in [0.15, 0.2) is 54.7 Å². The first-order valence-corrected chi connectivity index (χ1v) is 11.2. The third-order valence-electron chi connectivity index (χ3n) is 5.40. The Morgan fingerprint density at radius 2 is 1.84 bits per heavy atom. The molecule has 2 unspecified atom stereocenters. The largest absolute Gasteiger partial charge is 0.507 e. The number of phenols is 1. The van der Waals surface area contributed by atoms with E-state index in [9.17, 15) is 14.7 Å². The van der Waals surface area contributed by atoms with Crippen LogP contribution in [-0.2, 0) is 6.42 Å². The number of rotatable bonds is 9. The zero-order chi connectivity index (χ0) is 22.4. The number of carboxylic acid groups (broad SMARTS) is 1. The number of nitrogens with one attached hydrogen (secondary N) is 1. The highest BCUT2D eigenvalue weighted by atomic mass is 32.2. The van der Waals surface area contributed by atoms with Crippen LogP contribution in [0.2, 0.25) is 0 Å². The Balaban J connectivity index is 1.68. The van der Waals surface area contributed by atoms with Crippen LogP contribution in [0.4, 0.5) is 0 Å². The van der Waals surface area contributed by atoms with Crippen molar-refractivity contribution in [2.45, 2.75) is 32.6 Å². The van der Waals surface area contributed by atoms with Gasteiger partial charge in [0, 0.05) is 23.6 Å². The Hall–Kier alpha value is -3.06. The number of carboxylic acids is 1. The van der Waals surface area contributed by atoms with Crippen molar-refractivity contribution in [3.8, 4) is 5.75 Å². The molecule has 0 aliphatic carbocycles. The van der Waals surface area contributed by atoms with Crippen LogP contribution in [0.3, 0.4) is 0 Å². The lowest BCUT2D eigenvalue weighted by Crippen LogP contribution is -2.13. The normalized spacial score (nSPS) is 13.0. The standard InChI is InChI=1S/C24H26N2O4S/c1-3-15(2)21(16-8-10-17(11-9-16)23(28)29)22-25-14-18(26-22)12-13-31-24(30)19-6-4-5-7-20(19)27/h4-11,14-15,21,27H,3,12-13H2,1-2H3,(H,25,26)(H,28,29). The molecule has 0 amide bonds. The first-order valence-electron chi connectivity index (χ1n) is 10.2. The fraction of sp³-hybridized carbons (Fsp3) is 0.292. The Labute approximate surface area is 185 Å². The second kappa shape index (κ2) is 10.3. The minimum Gasteiger partial charge on any atom is -0.507 e. The number of carbonyl (C=O) groups excluding carboxylic acids is 1. The summed E-state index contributed by atoms with van der Waals surface area (Å²) >= 11 is 1.17. The molecular weight excluding hydrogens is 412 g/mol. The molecule has 0 aliphatic heterocycles. The van der Waals surface area contributed by atoms with Crippen molar-refractivity contribution >= 4 is 22.8 Å². The van der Waals surface area contributed by atoms with E-state index in [4.69, 9.17) is 5.11 Å². The fourth-order valence-corrected chi connectivity index (χ4v) is 4.30. The van der Waals surface area contributed by atoms with E-state index in [2.05, 4.69) is 23.8 Å². The molecule has 3 rings (SSSR count). The summed E-state index contributed by atoms with van der Waals surface area (Å²) in [5.41, 5.74) is 2.53. The van der Waals surface area contributed by atoms with Crippen LogP contribution < -0.4 is 0 Å². The summed E-state index contributed by atoms with van der Waals surface area (Å²) < 4.78 is 0. The summed E-state index contributed by atoms with van der Waals surface area (Å²) in [5, 5.41) is 18.8. The third-order valence-corrected chi connectivity index (χ3v) is 6.29. The van der Waals surface area contributed by atoms with Gasteiger partial charge in [0.25, 0.3) is 0 Å². The Bertz CT molecular complexity index is 1050. The number of carbonyl (C=O) groups is 2. The van der Waals surface area contributed by atoms with E-state index in [-0.39, 0.29) is 22.3 Å². The monoisotopic (exact) mass is 438 g/mol. The first kappa shape index (κ1) is 22.6. The molecule has 7 heteroatoms. The Morgan fingerprint density at radius 1 is 1.13 bits per heavy atom. The van der Waals surface area contributed by atoms with Gasteiger partial charge in [0.1, 0.15) is 11.6 Å². The molecule has 3 N–H and O–H groups in total. The Morgan fingerprint density at radius 3 is 2.48 bits per heavy atom. The zero-order valence-electron chi connectivity index (χ0n) is 17.5. The molecule has 2 atom stereocenters. The molecule has 1 aromatic heterocycles. The molecule has 162 valence electrons. The summed E-state index contributed by atoms with van der Waals surface area (Å²) in [6.45, 7) is 4.27. The number of imidazole rings is 1. The predicted molar refractivity (Wildman–Crippen MR) is 122 cm³/mol. The van der Waals surface area contributed by atoms with E-state index < -0.39 is 5.97 Å². The SMILES string of the molecule is CCC(C)C(c1ccc(C(=O)O)cc1)c1ncc(CCSC(=O)c2ccccc2O)[nH]1. The number of benzene rings is 2. The number of aromatic amines is 1. The van der Waals surface area contributed by atoms with Crippen molar-refractivity contribution in [3.63, 3.8) is 0 Å². The lowest BCUT2D eigenvalue weighted by molar-refractivity contribution is 0.0696. The summed E-state index contributed by atoms with van der Waals surface area (Å²) in [7, 11) is 0. The second-order valence-corrected chi connectivity index (χ2v) is 8.55. The van der Waals surface area contributed by atoms with Crippen LogP contribution >= 0.6 is 11.8 Å². The predicted octanol–water partition coefficient (Wildman–Crippen LogP) is 5.11. The molecule has 3 aromatic rings. The molecule has 0 aliphatic rings. The van der Waals surface area contributed by atoms with Gasteiger partial charge < -0.3 is 15.2 Å². The number of aromatic carboxylic acids is 1. The van der Waals surface area contributed by atoms with Gasteiger partial charge in [-0.05, 0) is 42.2 Å². The second-order valence-electron chi connectivity index (χ2n) is 7.49. The smallest absolute Gasteiger partial charge is 0.335 e. The van der Waals surface area contributed by atoms with Gasteiger partial charge in [-0.3, -0.25) is 4.79 Å². The molecule has 1 heterocycles. The van der Waals surface area contributed by atoms with Gasteiger partial charge in [0.15, 0.2) is 0 Å². The first-order chi connectivity index (χ1) is 14.9. The van der Waals surface area contributed by atoms with E-state index in [0.717, 1.165) is 23.5 Å². The van der Waals surface area contributed by atoms with E-state index in [0.29, 0.717) is 23.7 Å². The molecule has 0 bridgehead atoms. The van der Waals surface area contributed by atoms with E-state index in [1.807, 2.05) is 12.1 Å².